The third-order valence-corrected chi connectivity index (χ3v) is 4.31. The van der Waals surface area contributed by atoms with Crippen molar-refractivity contribution in [2.24, 2.45) is 0 Å². The van der Waals surface area contributed by atoms with Gasteiger partial charge in [0.15, 0.2) is 0 Å². The second-order valence-corrected chi connectivity index (χ2v) is 6.76. The number of carbonyl (C=O) groups is 1. The third kappa shape index (κ3) is 4.40. The van der Waals surface area contributed by atoms with Crippen LogP contribution in [-0.4, -0.2) is 15.9 Å². The van der Waals surface area contributed by atoms with Crippen LogP contribution in [0.2, 0.25) is 0 Å². The van der Waals surface area contributed by atoms with E-state index in [-0.39, 0.29) is 29.5 Å². The molecule has 0 aliphatic rings. The van der Waals surface area contributed by atoms with Crippen LogP contribution in [0.25, 0.3) is 6.08 Å². The number of phenolic OH excluding ortho intramolecular Hbond substituents is 1. The van der Waals surface area contributed by atoms with Gasteiger partial charge in [-0.1, -0.05) is 0 Å². The highest BCUT2D eigenvalue weighted by Crippen LogP contribution is 2.23. The fourth-order valence-electron chi connectivity index (χ4n) is 1.64. The SMILES string of the molecule is O=C(/C=C/c1ccc(Br)s1)NCc1cc([N+](=O)[O-])ccc1O. The van der Waals surface area contributed by atoms with E-state index in [9.17, 15) is 20.0 Å². The second-order valence-electron chi connectivity index (χ2n) is 4.26. The molecule has 0 radical (unpaired) electrons. The molecule has 0 aliphatic carbocycles. The lowest BCUT2D eigenvalue weighted by molar-refractivity contribution is -0.384. The first-order valence-corrected chi connectivity index (χ1v) is 7.74. The molecule has 1 amide bonds. The van der Waals surface area contributed by atoms with Gasteiger partial charge in [0.05, 0.1) is 8.71 Å². The molecule has 0 spiro atoms. The Labute approximate surface area is 138 Å². The number of amides is 1. The molecule has 0 fully saturated rings. The van der Waals surface area contributed by atoms with Crippen LogP contribution < -0.4 is 5.32 Å². The van der Waals surface area contributed by atoms with Crippen molar-refractivity contribution < 1.29 is 14.8 Å². The van der Waals surface area contributed by atoms with Crippen LogP contribution in [0.15, 0.2) is 40.2 Å². The number of benzene rings is 1. The molecule has 0 atom stereocenters. The van der Waals surface area contributed by atoms with Gasteiger partial charge in [-0.25, -0.2) is 0 Å². The van der Waals surface area contributed by atoms with Crippen LogP contribution in [0.5, 0.6) is 5.75 Å². The van der Waals surface area contributed by atoms with Gasteiger partial charge in [-0.05, 0) is 40.2 Å². The van der Waals surface area contributed by atoms with Crippen LogP contribution >= 0.6 is 27.3 Å². The molecular weight excluding hydrogens is 372 g/mol. The summed E-state index contributed by atoms with van der Waals surface area (Å²) >= 11 is 4.81. The lowest BCUT2D eigenvalue weighted by Gasteiger charge is -2.05. The molecule has 6 nitrogen and oxygen atoms in total. The maximum absolute atomic E-state index is 11.7. The van der Waals surface area contributed by atoms with Crippen molar-refractivity contribution in [3.63, 3.8) is 0 Å². The minimum Gasteiger partial charge on any atom is -0.508 e. The maximum atomic E-state index is 11.7. The van der Waals surface area contributed by atoms with Gasteiger partial charge in [-0.2, -0.15) is 0 Å². The molecule has 0 bridgehead atoms. The molecule has 0 saturated carbocycles. The third-order valence-electron chi connectivity index (χ3n) is 2.72. The van der Waals surface area contributed by atoms with Gasteiger partial charge in [0, 0.05) is 35.2 Å². The number of carbonyl (C=O) groups excluding carboxylic acids is 1. The normalized spacial score (nSPS) is 10.8. The number of nitrogens with zero attached hydrogens (tertiary/aromatic N) is 1. The first-order valence-electron chi connectivity index (χ1n) is 6.13. The van der Waals surface area contributed by atoms with E-state index in [0.29, 0.717) is 0 Å². The highest BCUT2D eigenvalue weighted by Gasteiger charge is 2.10. The number of hydrogen-bond acceptors (Lipinski definition) is 5. The summed E-state index contributed by atoms with van der Waals surface area (Å²) in [5.74, 6) is -0.451. The summed E-state index contributed by atoms with van der Waals surface area (Å²) in [6.45, 7) is 0.00478. The highest BCUT2D eigenvalue weighted by atomic mass is 79.9. The predicted octanol–water partition coefficient (Wildman–Crippen LogP) is 3.45. The Kier molecular flexibility index (Phi) is 5.29. The fourth-order valence-corrected chi connectivity index (χ4v) is 2.97. The van der Waals surface area contributed by atoms with Gasteiger partial charge < -0.3 is 10.4 Å². The fraction of sp³-hybridized carbons (Fsp3) is 0.0714. The number of phenols is 1. The quantitative estimate of drug-likeness (QED) is 0.470. The molecule has 1 heterocycles. The minimum absolute atomic E-state index is 0.00478. The van der Waals surface area contributed by atoms with Crippen molar-refractivity contribution in [3.05, 3.63) is 60.7 Å². The lowest BCUT2D eigenvalue weighted by Crippen LogP contribution is -2.20. The standard InChI is InChI=1S/C14H11BrN2O4S/c15-13-5-2-11(22-13)3-6-14(19)16-8-9-7-10(17(20)21)1-4-12(9)18/h1-7,18H,8H2,(H,16,19)/b6-3+. The number of thiophene rings is 1. The minimum atomic E-state index is -0.556. The van der Waals surface area contributed by atoms with Crippen LogP contribution in [0, 0.1) is 10.1 Å². The summed E-state index contributed by atoms with van der Waals surface area (Å²) < 4.78 is 0.967. The van der Waals surface area contributed by atoms with Crippen molar-refractivity contribution in [2.45, 2.75) is 6.54 Å². The number of nitrogens with one attached hydrogen (secondary N) is 1. The van der Waals surface area contributed by atoms with E-state index in [1.807, 2.05) is 12.1 Å². The summed E-state index contributed by atoms with van der Waals surface area (Å²) in [7, 11) is 0. The van der Waals surface area contributed by atoms with E-state index in [2.05, 4.69) is 21.2 Å². The zero-order valence-corrected chi connectivity index (χ0v) is 13.6. The summed E-state index contributed by atoms with van der Waals surface area (Å²) in [6, 6.07) is 7.41. The molecule has 2 rings (SSSR count). The Morgan fingerprint density at radius 2 is 2.18 bits per heavy atom. The van der Waals surface area contributed by atoms with Gasteiger partial charge in [-0.15, -0.1) is 11.3 Å². The molecule has 2 aromatic rings. The lowest BCUT2D eigenvalue weighted by atomic mass is 10.2. The molecule has 22 heavy (non-hydrogen) atoms. The largest absolute Gasteiger partial charge is 0.508 e. The van der Waals surface area contributed by atoms with Crippen molar-refractivity contribution in [3.8, 4) is 5.75 Å². The monoisotopic (exact) mass is 382 g/mol. The van der Waals surface area contributed by atoms with Crippen molar-refractivity contribution in [1.82, 2.24) is 5.32 Å². The van der Waals surface area contributed by atoms with Gasteiger partial charge in [0.25, 0.3) is 5.69 Å². The van der Waals surface area contributed by atoms with Gasteiger partial charge in [0.2, 0.25) is 5.91 Å². The summed E-state index contributed by atoms with van der Waals surface area (Å²) in [5, 5.41) is 22.9. The van der Waals surface area contributed by atoms with Gasteiger partial charge >= 0.3 is 0 Å². The van der Waals surface area contributed by atoms with Crippen molar-refractivity contribution in [2.75, 3.05) is 0 Å². The molecule has 0 unspecified atom stereocenters. The smallest absolute Gasteiger partial charge is 0.270 e. The van der Waals surface area contributed by atoms with E-state index in [4.69, 9.17) is 0 Å². The van der Waals surface area contributed by atoms with Gasteiger partial charge in [0.1, 0.15) is 5.75 Å². The van der Waals surface area contributed by atoms with E-state index >= 15 is 0 Å². The number of nitro benzene ring substituents is 1. The molecule has 2 N–H and O–H groups in total. The Bertz CT molecular complexity index is 742. The second kappa shape index (κ2) is 7.19. The van der Waals surface area contributed by atoms with Crippen LogP contribution in [0.3, 0.4) is 0 Å². The summed E-state index contributed by atoms with van der Waals surface area (Å²) in [5.41, 5.74) is 0.149. The highest BCUT2D eigenvalue weighted by molar-refractivity contribution is 9.11. The number of aromatic hydroxyl groups is 1. The Morgan fingerprint density at radius 1 is 1.41 bits per heavy atom. The predicted molar refractivity (Wildman–Crippen MR) is 87.7 cm³/mol. The van der Waals surface area contributed by atoms with Crippen molar-refractivity contribution >= 4 is 44.9 Å². The van der Waals surface area contributed by atoms with Crippen molar-refractivity contribution in [1.29, 1.82) is 0 Å². The number of non-ortho nitro benzene ring substituents is 1. The van der Waals surface area contributed by atoms with E-state index in [0.717, 1.165) is 8.66 Å². The molecule has 114 valence electrons. The number of rotatable bonds is 5. The van der Waals surface area contributed by atoms with Crippen LogP contribution in [0.4, 0.5) is 5.69 Å². The number of halogens is 1. The molecule has 0 saturated heterocycles. The van der Waals surface area contributed by atoms with Crippen LogP contribution in [-0.2, 0) is 11.3 Å². The van der Waals surface area contributed by atoms with Crippen LogP contribution in [0.1, 0.15) is 10.4 Å². The van der Waals surface area contributed by atoms with Gasteiger partial charge in [-0.3, -0.25) is 14.9 Å². The molecular formula is C14H11BrN2O4S. The number of nitro groups is 1. The molecule has 8 heteroatoms. The Balaban J connectivity index is 1.97. The number of hydrogen-bond donors (Lipinski definition) is 2. The maximum Gasteiger partial charge on any atom is 0.270 e. The topological polar surface area (TPSA) is 92.5 Å². The van der Waals surface area contributed by atoms with E-state index in [1.54, 1.807) is 6.08 Å². The first kappa shape index (κ1) is 16.2. The van der Waals surface area contributed by atoms with E-state index < -0.39 is 4.92 Å². The average Bonchev–Trinajstić information content (AvgIpc) is 2.89. The Morgan fingerprint density at radius 3 is 2.82 bits per heavy atom. The zero-order chi connectivity index (χ0) is 16.1. The summed E-state index contributed by atoms with van der Waals surface area (Å²) in [4.78, 5) is 22.8. The first-order chi connectivity index (χ1) is 10.5. The summed E-state index contributed by atoms with van der Waals surface area (Å²) in [6.07, 6.45) is 3.03. The molecule has 1 aromatic carbocycles. The van der Waals surface area contributed by atoms with E-state index in [1.165, 1.54) is 35.6 Å². The Hall–Kier alpha value is -2.19. The average molecular weight is 383 g/mol. The molecule has 1 aromatic heterocycles. The molecule has 0 aliphatic heterocycles. The zero-order valence-electron chi connectivity index (χ0n) is 11.2.